The van der Waals surface area contributed by atoms with Gasteiger partial charge in [0, 0.05) is 5.56 Å². The van der Waals surface area contributed by atoms with Crippen molar-refractivity contribution in [2.24, 2.45) is 0 Å². The molecule has 1 fully saturated rings. The summed E-state index contributed by atoms with van der Waals surface area (Å²) < 4.78 is 17.4. The van der Waals surface area contributed by atoms with Crippen molar-refractivity contribution in [3.05, 3.63) is 41.0 Å². The minimum Gasteiger partial charge on any atom is -0.508 e. The van der Waals surface area contributed by atoms with E-state index in [2.05, 4.69) is 6.08 Å². The van der Waals surface area contributed by atoms with Crippen molar-refractivity contribution in [2.45, 2.75) is 69.9 Å². The van der Waals surface area contributed by atoms with E-state index in [9.17, 15) is 25.5 Å². The lowest BCUT2D eigenvalue weighted by Crippen LogP contribution is -2.60. The number of phenols is 1. The second-order valence-electron chi connectivity index (χ2n) is 8.52. The van der Waals surface area contributed by atoms with Crippen LogP contribution >= 0.6 is 0 Å². The molecule has 1 aromatic rings. The molecule has 0 saturated carbocycles. The number of aliphatic hydroxyl groups excluding tert-OH is 4. The molecule has 1 aromatic carbocycles. The van der Waals surface area contributed by atoms with Crippen LogP contribution in [0.15, 0.2) is 29.9 Å². The van der Waals surface area contributed by atoms with Gasteiger partial charge in [0.1, 0.15) is 35.9 Å². The van der Waals surface area contributed by atoms with Crippen LogP contribution in [0.25, 0.3) is 6.08 Å². The molecule has 0 aromatic heterocycles. The maximum atomic E-state index is 10.3. The molecule has 0 aliphatic carbocycles. The van der Waals surface area contributed by atoms with E-state index in [1.165, 1.54) is 17.7 Å². The van der Waals surface area contributed by atoms with Gasteiger partial charge < -0.3 is 39.7 Å². The first-order valence-electron chi connectivity index (χ1n) is 10.4. The summed E-state index contributed by atoms with van der Waals surface area (Å²) in [6.07, 6.45) is 0.606. The Balaban J connectivity index is 1.86. The molecular formula is C23H32O8. The average molecular weight is 437 g/mol. The Bertz CT molecular complexity index is 833. The second-order valence-corrected chi connectivity index (χ2v) is 8.52. The van der Waals surface area contributed by atoms with Crippen molar-refractivity contribution in [2.75, 3.05) is 13.2 Å². The zero-order valence-electron chi connectivity index (χ0n) is 18.1. The van der Waals surface area contributed by atoms with Crippen LogP contribution in [0.4, 0.5) is 0 Å². The summed E-state index contributed by atoms with van der Waals surface area (Å²) in [5.41, 5.74) is 1.79. The number of phenolic OH excluding ortho intramolecular Hbond substituents is 1. The van der Waals surface area contributed by atoms with E-state index >= 15 is 0 Å². The molecule has 2 aliphatic rings. The number of allylic oxidation sites excluding steroid dienone is 1. The van der Waals surface area contributed by atoms with Crippen molar-refractivity contribution in [3.63, 3.8) is 0 Å². The van der Waals surface area contributed by atoms with E-state index in [1.54, 1.807) is 13.0 Å². The quantitative estimate of drug-likeness (QED) is 0.438. The molecule has 6 atom stereocenters. The zero-order valence-corrected chi connectivity index (χ0v) is 18.1. The highest BCUT2D eigenvalue weighted by molar-refractivity contribution is 5.63. The molecular weight excluding hydrogens is 404 g/mol. The molecule has 8 heteroatoms. The summed E-state index contributed by atoms with van der Waals surface area (Å²) in [7, 11) is 0. The number of aryl methyl sites for hydroxylation is 1. The molecule has 31 heavy (non-hydrogen) atoms. The number of rotatable bonds is 5. The first-order chi connectivity index (χ1) is 14.6. The van der Waals surface area contributed by atoms with Gasteiger partial charge in [0.15, 0.2) is 0 Å². The second kappa shape index (κ2) is 9.68. The number of aliphatic hydroxyl groups is 4. The van der Waals surface area contributed by atoms with Crippen LogP contribution in [0, 0.1) is 6.92 Å². The third-order valence-electron chi connectivity index (χ3n) is 5.75. The van der Waals surface area contributed by atoms with Crippen LogP contribution in [-0.2, 0) is 9.47 Å². The fraction of sp³-hybridized carbons (Fsp3) is 0.565. The highest BCUT2D eigenvalue weighted by Gasteiger charge is 2.45. The van der Waals surface area contributed by atoms with Crippen molar-refractivity contribution in [3.8, 4) is 11.5 Å². The van der Waals surface area contributed by atoms with E-state index < -0.39 is 42.9 Å². The minimum atomic E-state index is -1.54. The summed E-state index contributed by atoms with van der Waals surface area (Å²) >= 11 is 0. The number of hydrogen-bond acceptors (Lipinski definition) is 8. The van der Waals surface area contributed by atoms with E-state index in [4.69, 9.17) is 14.2 Å². The van der Waals surface area contributed by atoms with Crippen molar-refractivity contribution >= 4 is 6.08 Å². The Kier molecular flexibility index (Phi) is 7.41. The molecule has 0 spiro atoms. The number of ether oxygens (including phenoxy) is 3. The molecule has 8 nitrogen and oxygen atoms in total. The maximum Gasteiger partial charge on any atom is 0.229 e. The Morgan fingerprint density at radius 3 is 2.61 bits per heavy atom. The number of benzene rings is 1. The SMILES string of the molecule is CC1=CCCC(C)(/C=C/c2cc(O)cc(C)c2OC2OC(CO)C(O)C(O)C2O)OC1. The molecule has 0 radical (unpaired) electrons. The lowest BCUT2D eigenvalue weighted by atomic mass is 9.97. The van der Waals surface area contributed by atoms with Crippen LogP contribution in [0.5, 0.6) is 11.5 Å². The van der Waals surface area contributed by atoms with Gasteiger partial charge in [-0.3, -0.25) is 0 Å². The molecule has 172 valence electrons. The maximum absolute atomic E-state index is 10.3. The van der Waals surface area contributed by atoms with E-state index in [0.717, 1.165) is 12.8 Å². The van der Waals surface area contributed by atoms with E-state index in [1.807, 2.05) is 19.9 Å². The zero-order chi connectivity index (χ0) is 22.8. The van der Waals surface area contributed by atoms with Crippen LogP contribution < -0.4 is 4.74 Å². The molecule has 5 N–H and O–H groups in total. The van der Waals surface area contributed by atoms with Gasteiger partial charge >= 0.3 is 0 Å². The average Bonchev–Trinajstić information content (AvgIpc) is 2.89. The fourth-order valence-electron chi connectivity index (χ4n) is 3.76. The Labute approximate surface area is 182 Å². The Hall–Kier alpha value is -1.94. The number of hydrogen-bond donors (Lipinski definition) is 5. The lowest BCUT2D eigenvalue weighted by Gasteiger charge is -2.39. The van der Waals surface area contributed by atoms with Crippen LogP contribution in [0.1, 0.15) is 37.8 Å². The molecule has 2 aliphatic heterocycles. The number of aromatic hydroxyl groups is 1. The van der Waals surface area contributed by atoms with E-state index in [-0.39, 0.29) is 5.75 Å². The van der Waals surface area contributed by atoms with Gasteiger partial charge in [-0.2, -0.15) is 0 Å². The van der Waals surface area contributed by atoms with Gasteiger partial charge in [0.25, 0.3) is 0 Å². The predicted molar refractivity (Wildman–Crippen MR) is 114 cm³/mol. The summed E-state index contributed by atoms with van der Waals surface area (Å²) in [5, 5.41) is 49.8. The van der Waals surface area contributed by atoms with Crippen molar-refractivity contribution < 1.29 is 39.7 Å². The van der Waals surface area contributed by atoms with Crippen molar-refractivity contribution in [1.29, 1.82) is 0 Å². The van der Waals surface area contributed by atoms with Crippen LogP contribution in [0.3, 0.4) is 0 Å². The third-order valence-corrected chi connectivity index (χ3v) is 5.75. The molecule has 2 heterocycles. The predicted octanol–water partition coefficient (Wildman–Crippen LogP) is 1.41. The summed E-state index contributed by atoms with van der Waals surface area (Å²) in [4.78, 5) is 0. The largest absolute Gasteiger partial charge is 0.508 e. The Morgan fingerprint density at radius 1 is 1.16 bits per heavy atom. The van der Waals surface area contributed by atoms with Gasteiger partial charge in [-0.25, -0.2) is 0 Å². The van der Waals surface area contributed by atoms with Gasteiger partial charge in [-0.1, -0.05) is 23.8 Å². The van der Waals surface area contributed by atoms with Gasteiger partial charge in [-0.05, 0) is 51.3 Å². The summed E-state index contributed by atoms with van der Waals surface area (Å²) in [6.45, 7) is 5.74. The standard InChI is InChI=1S/C23H32O8/c1-13-5-4-7-23(3,29-12-13)8-6-15-10-16(25)9-14(2)21(15)31-22-20(28)19(27)18(26)17(11-24)30-22/h5-6,8-10,17-20,22,24-28H,4,7,11-12H2,1-3H3/b8-6+. The highest BCUT2D eigenvalue weighted by atomic mass is 16.7. The smallest absolute Gasteiger partial charge is 0.229 e. The van der Waals surface area contributed by atoms with Gasteiger partial charge in [-0.15, -0.1) is 0 Å². The van der Waals surface area contributed by atoms with E-state index in [0.29, 0.717) is 23.5 Å². The first-order valence-corrected chi connectivity index (χ1v) is 10.4. The van der Waals surface area contributed by atoms with Crippen LogP contribution in [-0.4, -0.2) is 75.1 Å². The van der Waals surface area contributed by atoms with Gasteiger partial charge in [0.2, 0.25) is 6.29 Å². The normalized spacial score (nSPS) is 34.4. The fourth-order valence-corrected chi connectivity index (χ4v) is 3.76. The summed E-state index contributed by atoms with van der Waals surface area (Å²) in [5.74, 6) is 0.382. The third kappa shape index (κ3) is 5.46. The summed E-state index contributed by atoms with van der Waals surface area (Å²) in [6, 6.07) is 3.03. The minimum absolute atomic E-state index is 0.0442. The molecule has 3 rings (SSSR count). The molecule has 0 bridgehead atoms. The highest BCUT2D eigenvalue weighted by Crippen LogP contribution is 2.34. The molecule has 6 unspecified atom stereocenters. The van der Waals surface area contributed by atoms with Crippen LogP contribution in [0.2, 0.25) is 0 Å². The monoisotopic (exact) mass is 436 g/mol. The molecule has 1 saturated heterocycles. The lowest BCUT2D eigenvalue weighted by molar-refractivity contribution is -0.277. The van der Waals surface area contributed by atoms with Gasteiger partial charge in [0.05, 0.1) is 18.8 Å². The Morgan fingerprint density at radius 2 is 1.90 bits per heavy atom. The first kappa shape index (κ1) is 23.7. The van der Waals surface area contributed by atoms with Crippen molar-refractivity contribution in [1.82, 2.24) is 0 Å². The topological polar surface area (TPSA) is 129 Å². The molecule has 0 amide bonds.